The first-order chi connectivity index (χ1) is 12.9. The maximum Gasteiger partial charge on any atom is 0.147 e. The minimum atomic E-state index is 0.0931. The Morgan fingerprint density at radius 3 is 2.77 bits per heavy atom. The van der Waals surface area contributed by atoms with E-state index in [0.29, 0.717) is 12.5 Å². The Kier molecular flexibility index (Phi) is 4.25. The highest BCUT2D eigenvalue weighted by atomic mass is 32.1. The number of nitrogens with zero attached hydrogens (tertiary/aromatic N) is 3. The van der Waals surface area contributed by atoms with E-state index in [1.54, 1.807) is 17.7 Å². The molecule has 0 radical (unpaired) electrons. The van der Waals surface area contributed by atoms with Crippen LogP contribution in [0, 0.1) is 0 Å². The highest BCUT2D eigenvalue weighted by Gasteiger charge is 2.28. The van der Waals surface area contributed by atoms with E-state index in [2.05, 4.69) is 15.3 Å². The second-order valence-electron chi connectivity index (χ2n) is 7.48. The molecule has 0 aromatic carbocycles. The standard InChI is InChI=1S/C20H24N4OS/c25-10-9-21-19-18-17(22-11-23-19)15-13-7-4-8-14(13)16(24-20(15)26-18)12-5-2-1-3-6-12/h11-12,25H,1-10H2,(H,21,22,23). The highest BCUT2D eigenvalue weighted by Crippen LogP contribution is 2.44. The summed E-state index contributed by atoms with van der Waals surface area (Å²) in [5.74, 6) is 1.46. The number of aryl methyl sites for hydroxylation is 1. The van der Waals surface area contributed by atoms with E-state index in [1.165, 1.54) is 67.2 Å². The van der Waals surface area contributed by atoms with Crippen LogP contribution in [0.1, 0.15) is 61.3 Å². The predicted octanol–water partition coefficient (Wildman–Crippen LogP) is 4.18. The fraction of sp³-hybridized carbons (Fsp3) is 0.550. The molecular formula is C20H24N4OS. The summed E-state index contributed by atoms with van der Waals surface area (Å²) in [6, 6.07) is 0. The van der Waals surface area contributed by atoms with Gasteiger partial charge in [0, 0.05) is 23.5 Å². The molecule has 0 bridgehead atoms. The van der Waals surface area contributed by atoms with Crippen molar-refractivity contribution in [3.8, 4) is 0 Å². The summed E-state index contributed by atoms with van der Waals surface area (Å²) >= 11 is 1.70. The minimum absolute atomic E-state index is 0.0931. The topological polar surface area (TPSA) is 70.9 Å². The van der Waals surface area contributed by atoms with Crippen LogP contribution >= 0.6 is 11.3 Å². The Balaban J connectivity index is 1.72. The van der Waals surface area contributed by atoms with Gasteiger partial charge < -0.3 is 10.4 Å². The lowest BCUT2D eigenvalue weighted by atomic mass is 9.84. The van der Waals surface area contributed by atoms with Crippen molar-refractivity contribution in [2.24, 2.45) is 0 Å². The van der Waals surface area contributed by atoms with Crippen LogP contribution in [0.15, 0.2) is 6.33 Å². The van der Waals surface area contributed by atoms with E-state index >= 15 is 0 Å². The van der Waals surface area contributed by atoms with Gasteiger partial charge in [-0.05, 0) is 43.2 Å². The van der Waals surface area contributed by atoms with Crippen LogP contribution in [0.25, 0.3) is 20.4 Å². The molecule has 0 spiro atoms. The highest BCUT2D eigenvalue weighted by molar-refractivity contribution is 7.26. The van der Waals surface area contributed by atoms with Gasteiger partial charge in [0.25, 0.3) is 0 Å². The molecule has 5 rings (SSSR count). The molecule has 0 amide bonds. The van der Waals surface area contributed by atoms with Crippen molar-refractivity contribution in [1.29, 1.82) is 0 Å². The molecule has 2 aliphatic carbocycles. The van der Waals surface area contributed by atoms with Crippen LogP contribution in [0.4, 0.5) is 5.82 Å². The molecule has 3 heterocycles. The zero-order chi connectivity index (χ0) is 17.5. The molecule has 0 aliphatic heterocycles. The number of rotatable bonds is 4. The Hall–Kier alpha value is -1.79. The van der Waals surface area contributed by atoms with Gasteiger partial charge in [-0.2, -0.15) is 0 Å². The van der Waals surface area contributed by atoms with Crippen LogP contribution in [-0.2, 0) is 12.8 Å². The number of aliphatic hydroxyl groups is 1. The minimum Gasteiger partial charge on any atom is -0.395 e. The molecular weight excluding hydrogens is 344 g/mol. The lowest BCUT2D eigenvalue weighted by molar-refractivity contribution is 0.311. The van der Waals surface area contributed by atoms with Gasteiger partial charge in [0.2, 0.25) is 0 Å². The molecule has 3 aromatic rings. The molecule has 1 saturated carbocycles. The van der Waals surface area contributed by atoms with Crippen molar-refractivity contribution < 1.29 is 5.11 Å². The van der Waals surface area contributed by atoms with Crippen molar-refractivity contribution in [2.75, 3.05) is 18.5 Å². The Morgan fingerprint density at radius 1 is 1.08 bits per heavy atom. The van der Waals surface area contributed by atoms with Gasteiger partial charge in [-0.15, -0.1) is 11.3 Å². The molecule has 2 N–H and O–H groups in total. The molecule has 3 aromatic heterocycles. The predicted molar refractivity (Wildman–Crippen MR) is 106 cm³/mol. The monoisotopic (exact) mass is 368 g/mol. The van der Waals surface area contributed by atoms with Crippen LogP contribution < -0.4 is 5.32 Å². The SMILES string of the molecule is OCCNc1ncnc2c1sc1nc(C3CCCCC3)c3c(c12)CCC3. The number of fused-ring (bicyclic) bond motifs is 5. The Labute approximate surface area is 156 Å². The average molecular weight is 369 g/mol. The second-order valence-corrected chi connectivity index (χ2v) is 8.47. The third-order valence-corrected chi connectivity index (χ3v) is 6.98. The van der Waals surface area contributed by atoms with Crippen LogP contribution in [0.2, 0.25) is 0 Å². The number of hydrogen-bond donors (Lipinski definition) is 2. The summed E-state index contributed by atoms with van der Waals surface area (Å²) in [4.78, 5) is 15.3. The van der Waals surface area contributed by atoms with Gasteiger partial charge in [-0.25, -0.2) is 15.0 Å². The third-order valence-electron chi connectivity index (χ3n) is 5.90. The normalized spacial score (nSPS) is 17.9. The lowest BCUT2D eigenvalue weighted by Crippen LogP contribution is -2.09. The molecule has 136 valence electrons. The molecule has 6 heteroatoms. The summed E-state index contributed by atoms with van der Waals surface area (Å²) in [6.45, 7) is 0.592. The van der Waals surface area contributed by atoms with E-state index in [9.17, 15) is 0 Å². The Bertz CT molecular complexity index is 961. The average Bonchev–Trinajstić information content (AvgIpc) is 3.30. The van der Waals surface area contributed by atoms with Gasteiger partial charge in [0.1, 0.15) is 17.0 Å². The summed E-state index contributed by atoms with van der Waals surface area (Å²) in [5.41, 5.74) is 5.43. The largest absolute Gasteiger partial charge is 0.395 e. The first-order valence-corrected chi connectivity index (χ1v) is 10.6. The van der Waals surface area contributed by atoms with Crippen LogP contribution in [-0.4, -0.2) is 33.2 Å². The fourth-order valence-corrected chi connectivity index (χ4v) is 5.87. The molecule has 0 unspecified atom stereocenters. The number of aromatic nitrogens is 3. The van der Waals surface area contributed by atoms with Gasteiger partial charge in [0.05, 0.1) is 16.8 Å². The zero-order valence-electron chi connectivity index (χ0n) is 14.9. The number of pyridine rings is 1. The number of thiophene rings is 1. The Morgan fingerprint density at radius 2 is 1.92 bits per heavy atom. The molecule has 5 nitrogen and oxygen atoms in total. The van der Waals surface area contributed by atoms with E-state index < -0.39 is 0 Å². The number of anilines is 1. The maximum atomic E-state index is 9.13. The molecule has 0 atom stereocenters. The lowest BCUT2D eigenvalue weighted by Gasteiger charge is -2.23. The third kappa shape index (κ3) is 2.58. The van der Waals surface area contributed by atoms with E-state index in [0.717, 1.165) is 27.3 Å². The van der Waals surface area contributed by atoms with Gasteiger partial charge >= 0.3 is 0 Å². The van der Waals surface area contributed by atoms with E-state index in [-0.39, 0.29) is 6.61 Å². The van der Waals surface area contributed by atoms with Gasteiger partial charge in [-0.3, -0.25) is 0 Å². The molecule has 2 aliphatic rings. The summed E-state index contributed by atoms with van der Waals surface area (Å²) in [6.07, 6.45) is 11.8. The molecule has 1 fully saturated rings. The van der Waals surface area contributed by atoms with Gasteiger partial charge in [0.15, 0.2) is 0 Å². The van der Waals surface area contributed by atoms with Crippen molar-refractivity contribution in [3.63, 3.8) is 0 Å². The molecule has 0 saturated heterocycles. The smallest absolute Gasteiger partial charge is 0.147 e. The van der Waals surface area contributed by atoms with Crippen LogP contribution in [0.5, 0.6) is 0 Å². The van der Waals surface area contributed by atoms with Gasteiger partial charge in [-0.1, -0.05) is 19.3 Å². The zero-order valence-corrected chi connectivity index (χ0v) is 15.7. The first kappa shape index (κ1) is 16.4. The van der Waals surface area contributed by atoms with Crippen LogP contribution in [0.3, 0.4) is 0 Å². The van der Waals surface area contributed by atoms with E-state index in [1.807, 2.05) is 0 Å². The number of aliphatic hydroxyl groups excluding tert-OH is 1. The molecule has 26 heavy (non-hydrogen) atoms. The summed E-state index contributed by atoms with van der Waals surface area (Å²) < 4.78 is 1.07. The maximum absolute atomic E-state index is 9.13. The summed E-state index contributed by atoms with van der Waals surface area (Å²) in [7, 11) is 0. The first-order valence-electron chi connectivity index (χ1n) is 9.80. The fourth-order valence-electron chi connectivity index (χ4n) is 4.74. The summed E-state index contributed by atoms with van der Waals surface area (Å²) in [5, 5.41) is 13.6. The van der Waals surface area contributed by atoms with Crippen molar-refractivity contribution >= 4 is 37.6 Å². The van der Waals surface area contributed by atoms with Crippen molar-refractivity contribution in [1.82, 2.24) is 15.0 Å². The second kappa shape index (κ2) is 6.74. The number of nitrogens with one attached hydrogen (secondary N) is 1. The van der Waals surface area contributed by atoms with E-state index in [4.69, 9.17) is 10.1 Å². The van der Waals surface area contributed by atoms with Crippen molar-refractivity contribution in [3.05, 3.63) is 23.1 Å². The number of hydrogen-bond acceptors (Lipinski definition) is 6. The quantitative estimate of drug-likeness (QED) is 0.723. The van der Waals surface area contributed by atoms with Crippen molar-refractivity contribution in [2.45, 2.75) is 57.3 Å².